The molecule has 6 nitrogen and oxygen atoms in total. The summed E-state index contributed by atoms with van der Waals surface area (Å²) in [7, 11) is 1.58. The Labute approximate surface area is 177 Å². The normalized spacial score (nSPS) is 10.8. The summed E-state index contributed by atoms with van der Waals surface area (Å²) in [5, 5.41) is 2.74. The number of methoxy groups -OCH3 is 1. The smallest absolute Gasteiger partial charge is 0.338 e. The van der Waals surface area contributed by atoms with E-state index in [1.807, 2.05) is 18.2 Å². The van der Waals surface area contributed by atoms with Crippen molar-refractivity contribution in [3.8, 4) is 11.5 Å². The molecule has 6 heteroatoms. The molecule has 0 aliphatic carbocycles. The van der Waals surface area contributed by atoms with Crippen molar-refractivity contribution in [2.45, 2.75) is 27.2 Å². The minimum Gasteiger partial charge on any atom is -0.493 e. The lowest BCUT2D eigenvalue weighted by atomic mass is 10.1. The highest BCUT2D eigenvalue weighted by atomic mass is 16.5. The molecule has 160 valence electrons. The molecule has 0 aliphatic heterocycles. The molecule has 0 bridgehead atoms. The van der Waals surface area contributed by atoms with Gasteiger partial charge in [0.05, 0.1) is 25.9 Å². The van der Waals surface area contributed by atoms with Crippen LogP contribution in [0.25, 0.3) is 6.08 Å². The summed E-state index contributed by atoms with van der Waals surface area (Å²) >= 11 is 0. The van der Waals surface area contributed by atoms with Crippen LogP contribution in [0.4, 0.5) is 5.69 Å². The molecule has 0 atom stereocenters. The first kappa shape index (κ1) is 23.0. The molecular weight excluding hydrogens is 382 g/mol. The number of rotatable bonds is 10. The molecule has 2 aromatic rings. The first-order valence-corrected chi connectivity index (χ1v) is 10.00. The van der Waals surface area contributed by atoms with E-state index in [0.29, 0.717) is 41.9 Å². The average Bonchev–Trinajstić information content (AvgIpc) is 2.73. The summed E-state index contributed by atoms with van der Waals surface area (Å²) in [6, 6.07) is 12.1. The molecule has 0 spiro atoms. The fraction of sp³-hybridized carbons (Fsp3) is 0.333. The van der Waals surface area contributed by atoms with Crippen LogP contribution < -0.4 is 14.8 Å². The van der Waals surface area contributed by atoms with Gasteiger partial charge in [-0.25, -0.2) is 4.79 Å². The Morgan fingerprint density at radius 1 is 1.10 bits per heavy atom. The molecule has 0 radical (unpaired) electrons. The van der Waals surface area contributed by atoms with Gasteiger partial charge < -0.3 is 19.5 Å². The minimum absolute atomic E-state index is 0.295. The molecular formula is C24H29NO5. The first-order chi connectivity index (χ1) is 14.4. The molecule has 0 aromatic heterocycles. The van der Waals surface area contributed by atoms with Crippen molar-refractivity contribution in [3.63, 3.8) is 0 Å². The van der Waals surface area contributed by atoms with Crippen molar-refractivity contribution >= 4 is 23.6 Å². The number of amides is 1. The number of hydrogen-bond acceptors (Lipinski definition) is 5. The molecule has 0 fully saturated rings. The lowest BCUT2D eigenvalue weighted by Gasteiger charge is -2.12. The highest BCUT2D eigenvalue weighted by Gasteiger charge is 2.08. The average molecular weight is 411 g/mol. The Balaban J connectivity index is 2.00. The van der Waals surface area contributed by atoms with Crippen molar-refractivity contribution in [1.82, 2.24) is 0 Å². The number of nitrogens with one attached hydrogen (secondary N) is 1. The van der Waals surface area contributed by atoms with Gasteiger partial charge in [-0.2, -0.15) is 0 Å². The summed E-state index contributed by atoms with van der Waals surface area (Å²) in [5.74, 6) is 1.12. The second kappa shape index (κ2) is 11.7. The van der Waals surface area contributed by atoms with E-state index in [1.165, 1.54) is 6.08 Å². The summed E-state index contributed by atoms with van der Waals surface area (Å²) in [6.07, 6.45) is 4.07. The van der Waals surface area contributed by atoms with Crippen LogP contribution in [0.1, 0.15) is 43.1 Å². The number of esters is 1. The van der Waals surface area contributed by atoms with Crippen molar-refractivity contribution in [2.24, 2.45) is 5.92 Å². The molecule has 0 unspecified atom stereocenters. The molecule has 30 heavy (non-hydrogen) atoms. The van der Waals surface area contributed by atoms with Gasteiger partial charge in [-0.1, -0.05) is 26.0 Å². The largest absolute Gasteiger partial charge is 0.493 e. The predicted molar refractivity (Wildman–Crippen MR) is 118 cm³/mol. The van der Waals surface area contributed by atoms with Gasteiger partial charge in [0.1, 0.15) is 0 Å². The maximum atomic E-state index is 12.2. The predicted octanol–water partition coefficient (Wildman–Crippen LogP) is 4.95. The van der Waals surface area contributed by atoms with E-state index in [9.17, 15) is 9.59 Å². The summed E-state index contributed by atoms with van der Waals surface area (Å²) in [5.41, 5.74) is 1.71. The van der Waals surface area contributed by atoms with Crippen LogP contribution in [0.5, 0.6) is 11.5 Å². The van der Waals surface area contributed by atoms with Gasteiger partial charge in [0, 0.05) is 11.8 Å². The Kier molecular flexibility index (Phi) is 8.94. The van der Waals surface area contributed by atoms with Crippen LogP contribution >= 0.6 is 0 Å². The number of carbonyl (C=O) groups excluding carboxylic acids is 2. The third-order valence-electron chi connectivity index (χ3n) is 4.21. The SMILES string of the molecule is CCOC(=O)c1cccc(NC(=O)C=Cc2ccc(OCCC(C)C)c(OC)c2)c1. The third kappa shape index (κ3) is 7.28. The number of anilines is 1. The maximum Gasteiger partial charge on any atom is 0.338 e. The summed E-state index contributed by atoms with van der Waals surface area (Å²) < 4.78 is 16.2. The molecule has 1 N–H and O–H groups in total. The van der Waals surface area contributed by atoms with Gasteiger partial charge in [0.2, 0.25) is 5.91 Å². The molecule has 1 amide bonds. The fourth-order valence-corrected chi connectivity index (χ4v) is 2.61. The van der Waals surface area contributed by atoms with E-state index in [1.54, 1.807) is 44.4 Å². The Hall–Kier alpha value is -3.28. The van der Waals surface area contributed by atoms with Crippen LogP contribution in [0.3, 0.4) is 0 Å². The van der Waals surface area contributed by atoms with Crippen LogP contribution in [-0.4, -0.2) is 32.2 Å². The zero-order valence-electron chi connectivity index (χ0n) is 17.9. The van der Waals surface area contributed by atoms with Gasteiger partial charge in [-0.15, -0.1) is 0 Å². The monoisotopic (exact) mass is 411 g/mol. The van der Waals surface area contributed by atoms with E-state index in [2.05, 4.69) is 19.2 Å². The minimum atomic E-state index is -0.424. The first-order valence-electron chi connectivity index (χ1n) is 10.00. The van der Waals surface area contributed by atoms with Gasteiger partial charge in [-0.3, -0.25) is 4.79 Å². The number of carbonyl (C=O) groups is 2. The third-order valence-corrected chi connectivity index (χ3v) is 4.21. The van der Waals surface area contributed by atoms with Gasteiger partial charge in [0.25, 0.3) is 0 Å². The molecule has 2 aromatic carbocycles. The molecule has 2 rings (SSSR count). The van der Waals surface area contributed by atoms with E-state index in [4.69, 9.17) is 14.2 Å². The number of benzene rings is 2. The standard InChI is InChI=1S/C24H29NO5/c1-5-29-24(27)19-7-6-8-20(16-19)25-23(26)12-10-18-9-11-21(22(15-18)28-4)30-14-13-17(2)3/h6-12,15-17H,5,13-14H2,1-4H3,(H,25,26). The van der Waals surface area contributed by atoms with Crippen molar-refractivity contribution in [1.29, 1.82) is 0 Å². The lowest BCUT2D eigenvalue weighted by Crippen LogP contribution is -2.09. The highest BCUT2D eigenvalue weighted by Crippen LogP contribution is 2.29. The van der Waals surface area contributed by atoms with Crippen LogP contribution in [-0.2, 0) is 9.53 Å². The Morgan fingerprint density at radius 3 is 2.60 bits per heavy atom. The van der Waals surface area contributed by atoms with Crippen molar-refractivity contribution < 1.29 is 23.8 Å². The topological polar surface area (TPSA) is 73.9 Å². The van der Waals surface area contributed by atoms with E-state index < -0.39 is 5.97 Å². The van der Waals surface area contributed by atoms with E-state index in [-0.39, 0.29) is 5.91 Å². The molecule has 0 aliphatic rings. The number of ether oxygens (including phenoxy) is 3. The van der Waals surface area contributed by atoms with Crippen LogP contribution in [0.15, 0.2) is 48.5 Å². The Bertz CT molecular complexity index is 889. The second-order valence-corrected chi connectivity index (χ2v) is 7.07. The highest BCUT2D eigenvalue weighted by molar-refractivity contribution is 6.02. The van der Waals surface area contributed by atoms with E-state index >= 15 is 0 Å². The Morgan fingerprint density at radius 2 is 1.90 bits per heavy atom. The second-order valence-electron chi connectivity index (χ2n) is 7.07. The maximum absolute atomic E-state index is 12.2. The molecule has 0 saturated heterocycles. The fourth-order valence-electron chi connectivity index (χ4n) is 2.61. The zero-order chi connectivity index (χ0) is 21.9. The van der Waals surface area contributed by atoms with Crippen molar-refractivity contribution in [2.75, 3.05) is 25.6 Å². The number of hydrogen-bond donors (Lipinski definition) is 1. The van der Waals surface area contributed by atoms with Gasteiger partial charge >= 0.3 is 5.97 Å². The molecule has 0 saturated carbocycles. The van der Waals surface area contributed by atoms with Crippen molar-refractivity contribution in [3.05, 3.63) is 59.7 Å². The zero-order valence-corrected chi connectivity index (χ0v) is 17.9. The lowest BCUT2D eigenvalue weighted by molar-refractivity contribution is -0.111. The summed E-state index contributed by atoms with van der Waals surface area (Å²) in [4.78, 5) is 24.1. The van der Waals surface area contributed by atoms with Gasteiger partial charge in [-0.05, 0) is 61.2 Å². The van der Waals surface area contributed by atoms with Gasteiger partial charge in [0.15, 0.2) is 11.5 Å². The quantitative estimate of drug-likeness (QED) is 0.442. The van der Waals surface area contributed by atoms with Crippen LogP contribution in [0.2, 0.25) is 0 Å². The van der Waals surface area contributed by atoms with Crippen LogP contribution in [0, 0.1) is 5.92 Å². The van der Waals surface area contributed by atoms with E-state index in [0.717, 1.165) is 12.0 Å². The molecule has 0 heterocycles. The summed E-state index contributed by atoms with van der Waals surface area (Å²) in [6.45, 7) is 6.95.